The number of hydrogen-bond donors (Lipinski definition) is 0. The zero-order chi connectivity index (χ0) is 13.3. The van der Waals surface area contributed by atoms with Crippen LogP contribution >= 0.6 is 27.5 Å². The Labute approximate surface area is 116 Å². The van der Waals surface area contributed by atoms with Gasteiger partial charge in [-0.1, -0.05) is 11.6 Å². The zero-order valence-corrected chi connectivity index (χ0v) is 11.2. The number of ketones is 1. The Hall–Kier alpha value is -1.26. The second kappa shape index (κ2) is 5.16. The molecule has 5 heteroatoms. The molecule has 2 rings (SSSR count). The molecule has 0 fully saturated rings. The smallest absolute Gasteiger partial charge is 0.193 e. The molecule has 0 aliphatic carbocycles. The Balaban J connectivity index is 2.41. The summed E-state index contributed by atoms with van der Waals surface area (Å²) in [5.41, 5.74) is 0.431. The molecule has 0 spiro atoms. The van der Waals surface area contributed by atoms with Gasteiger partial charge in [-0.15, -0.1) is 0 Å². The third kappa shape index (κ3) is 2.60. The molecular weight excluding hydrogens is 325 g/mol. The van der Waals surface area contributed by atoms with Gasteiger partial charge in [-0.3, -0.25) is 4.79 Å². The van der Waals surface area contributed by atoms with Gasteiger partial charge in [0.1, 0.15) is 0 Å². The molecule has 0 unspecified atom stereocenters. The van der Waals surface area contributed by atoms with E-state index in [2.05, 4.69) is 15.9 Å². The molecule has 0 amide bonds. The first-order chi connectivity index (χ1) is 8.49. The molecule has 92 valence electrons. The van der Waals surface area contributed by atoms with Gasteiger partial charge in [0, 0.05) is 15.6 Å². The first kappa shape index (κ1) is 13.2. The van der Waals surface area contributed by atoms with Gasteiger partial charge in [0.15, 0.2) is 17.4 Å². The van der Waals surface area contributed by atoms with Gasteiger partial charge in [0.05, 0.1) is 5.02 Å². The Kier molecular flexibility index (Phi) is 3.78. The summed E-state index contributed by atoms with van der Waals surface area (Å²) in [7, 11) is 0. The maximum Gasteiger partial charge on any atom is 0.193 e. The molecule has 1 nitrogen and oxygen atoms in total. The zero-order valence-electron chi connectivity index (χ0n) is 8.88. The molecule has 2 aromatic rings. The topological polar surface area (TPSA) is 17.1 Å². The first-order valence-electron chi connectivity index (χ1n) is 4.94. The van der Waals surface area contributed by atoms with Crippen LogP contribution in [0.15, 0.2) is 40.9 Å². The normalized spacial score (nSPS) is 10.4. The second-order valence-electron chi connectivity index (χ2n) is 3.59. The minimum absolute atomic E-state index is 0.0862. The summed E-state index contributed by atoms with van der Waals surface area (Å²) in [5.74, 6) is -2.43. The summed E-state index contributed by atoms with van der Waals surface area (Å²) >= 11 is 9.00. The van der Waals surface area contributed by atoms with Gasteiger partial charge >= 0.3 is 0 Å². The minimum Gasteiger partial charge on any atom is -0.289 e. The summed E-state index contributed by atoms with van der Waals surface area (Å²) in [5, 5.41) is 0.469. The van der Waals surface area contributed by atoms with Crippen molar-refractivity contribution in [3.05, 3.63) is 68.7 Å². The standard InChI is InChI=1S/C13H6BrClF2O/c14-9-5-7(1-3-10(9)15)13(18)8-2-4-11(16)12(17)6-8/h1-6H. The van der Waals surface area contributed by atoms with Gasteiger partial charge in [-0.2, -0.15) is 0 Å². The van der Waals surface area contributed by atoms with Crippen LogP contribution in [0.3, 0.4) is 0 Å². The van der Waals surface area contributed by atoms with E-state index in [1.165, 1.54) is 18.2 Å². The molecule has 0 radical (unpaired) electrons. The van der Waals surface area contributed by atoms with Crippen molar-refractivity contribution >= 4 is 33.3 Å². The maximum absolute atomic E-state index is 13.0. The summed E-state index contributed by atoms with van der Waals surface area (Å²) in [6.07, 6.45) is 0. The van der Waals surface area contributed by atoms with E-state index in [0.29, 0.717) is 15.1 Å². The Bertz CT molecular complexity index is 575. The van der Waals surface area contributed by atoms with Crippen LogP contribution in [0.25, 0.3) is 0 Å². The van der Waals surface area contributed by atoms with Crippen LogP contribution in [0.1, 0.15) is 15.9 Å². The van der Waals surface area contributed by atoms with Crippen molar-refractivity contribution in [2.24, 2.45) is 0 Å². The lowest BCUT2D eigenvalue weighted by Crippen LogP contribution is -2.02. The highest BCUT2D eigenvalue weighted by Gasteiger charge is 2.13. The summed E-state index contributed by atoms with van der Waals surface area (Å²) < 4.78 is 26.4. The number of rotatable bonds is 2. The highest BCUT2D eigenvalue weighted by Crippen LogP contribution is 2.24. The fourth-order valence-electron chi connectivity index (χ4n) is 1.44. The molecule has 18 heavy (non-hydrogen) atoms. The maximum atomic E-state index is 13.0. The molecule has 0 aromatic heterocycles. The predicted octanol–water partition coefficient (Wildman–Crippen LogP) is 4.61. The van der Waals surface area contributed by atoms with E-state index in [4.69, 9.17) is 11.6 Å². The van der Waals surface area contributed by atoms with E-state index in [1.807, 2.05) is 0 Å². The van der Waals surface area contributed by atoms with Crippen molar-refractivity contribution in [2.45, 2.75) is 0 Å². The van der Waals surface area contributed by atoms with E-state index in [-0.39, 0.29) is 5.56 Å². The molecule has 0 heterocycles. The van der Waals surface area contributed by atoms with Gasteiger partial charge < -0.3 is 0 Å². The van der Waals surface area contributed by atoms with Gasteiger partial charge in [-0.25, -0.2) is 8.78 Å². The average Bonchev–Trinajstić information content (AvgIpc) is 2.35. The summed E-state index contributed by atoms with van der Waals surface area (Å²) in [4.78, 5) is 12.0. The van der Waals surface area contributed by atoms with Crippen molar-refractivity contribution in [2.75, 3.05) is 0 Å². The number of carbonyl (C=O) groups is 1. The van der Waals surface area contributed by atoms with E-state index >= 15 is 0 Å². The number of hydrogen-bond acceptors (Lipinski definition) is 1. The van der Waals surface area contributed by atoms with Crippen LogP contribution < -0.4 is 0 Å². The molecule has 0 saturated carbocycles. The lowest BCUT2D eigenvalue weighted by molar-refractivity contribution is 0.103. The fraction of sp³-hybridized carbons (Fsp3) is 0. The van der Waals surface area contributed by atoms with Crippen LogP contribution in [0, 0.1) is 11.6 Å². The highest BCUT2D eigenvalue weighted by molar-refractivity contribution is 9.10. The van der Waals surface area contributed by atoms with E-state index in [9.17, 15) is 13.6 Å². The van der Waals surface area contributed by atoms with Gasteiger partial charge in [0.2, 0.25) is 0 Å². The van der Waals surface area contributed by atoms with Crippen LogP contribution in [-0.4, -0.2) is 5.78 Å². The predicted molar refractivity (Wildman–Crippen MR) is 68.9 cm³/mol. The molecule has 0 aliphatic heterocycles. The quantitative estimate of drug-likeness (QED) is 0.734. The monoisotopic (exact) mass is 330 g/mol. The van der Waals surface area contributed by atoms with E-state index in [0.717, 1.165) is 12.1 Å². The van der Waals surface area contributed by atoms with Crippen LogP contribution in [0.4, 0.5) is 8.78 Å². The SMILES string of the molecule is O=C(c1ccc(F)c(F)c1)c1ccc(Cl)c(Br)c1. The van der Waals surface area contributed by atoms with Crippen molar-refractivity contribution in [1.29, 1.82) is 0 Å². The number of carbonyl (C=O) groups excluding carboxylic acids is 1. The second-order valence-corrected chi connectivity index (χ2v) is 4.85. The van der Waals surface area contributed by atoms with Crippen LogP contribution in [0.5, 0.6) is 0 Å². The van der Waals surface area contributed by atoms with Crippen molar-refractivity contribution in [3.8, 4) is 0 Å². The molecule has 0 saturated heterocycles. The Morgan fingerprint density at radius 2 is 1.61 bits per heavy atom. The first-order valence-corrected chi connectivity index (χ1v) is 6.11. The van der Waals surface area contributed by atoms with Crippen molar-refractivity contribution < 1.29 is 13.6 Å². The number of halogens is 4. The molecule has 0 atom stereocenters. The highest BCUT2D eigenvalue weighted by atomic mass is 79.9. The van der Waals surface area contributed by atoms with Gasteiger partial charge in [-0.05, 0) is 52.3 Å². The molecule has 0 N–H and O–H groups in total. The van der Waals surface area contributed by atoms with Crippen molar-refractivity contribution in [3.63, 3.8) is 0 Å². The Morgan fingerprint density at radius 3 is 2.22 bits per heavy atom. The summed E-state index contributed by atoms with van der Waals surface area (Å²) in [6.45, 7) is 0. The van der Waals surface area contributed by atoms with Crippen molar-refractivity contribution in [1.82, 2.24) is 0 Å². The third-order valence-corrected chi connectivity index (χ3v) is 3.58. The van der Waals surface area contributed by atoms with E-state index in [1.54, 1.807) is 6.07 Å². The summed E-state index contributed by atoms with van der Waals surface area (Å²) in [6, 6.07) is 7.65. The lowest BCUT2D eigenvalue weighted by atomic mass is 10.0. The molecule has 0 aliphatic rings. The molecular formula is C13H6BrClF2O. The lowest BCUT2D eigenvalue weighted by Gasteiger charge is -2.03. The van der Waals surface area contributed by atoms with Gasteiger partial charge in [0.25, 0.3) is 0 Å². The third-order valence-electron chi connectivity index (χ3n) is 2.36. The Morgan fingerprint density at radius 1 is 1.00 bits per heavy atom. The average molecular weight is 332 g/mol. The largest absolute Gasteiger partial charge is 0.289 e. The van der Waals surface area contributed by atoms with Crippen LogP contribution in [0.2, 0.25) is 5.02 Å². The van der Waals surface area contributed by atoms with E-state index < -0.39 is 17.4 Å². The molecule has 2 aromatic carbocycles. The van der Waals surface area contributed by atoms with Crippen LogP contribution in [-0.2, 0) is 0 Å². The minimum atomic E-state index is -1.05. The fourth-order valence-corrected chi connectivity index (χ4v) is 1.94. The molecule has 0 bridgehead atoms. The number of benzene rings is 2.